The highest BCUT2D eigenvalue weighted by Gasteiger charge is 2.11. The van der Waals surface area contributed by atoms with E-state index in [1.54, 1.807) is 25.1 Å². The van der Waals surface area contributed by atoms with Crippen molar-refractivity contribution < 1.29 is 18.3 Å². The van der Waals surface area contributed by atoms with Crippen molar-refractivity contribution in [3.05, 3.63) is 101 Å². The summed E-state index contributed by atoms with van der Waals surface area (Å²) in [7, 11) is 0. The van der Waals surface area contributed by atoms with Crippen LogP contribution in [0.3, 0.4) is 0 Å². The lowest BCUT2D eigenvalue weighted by molar-refractivity contribution is -0.119. The second kappa shape index (κ2) is 9.98. The average molecular weight is 410 g/mol. The molecule has 1 amide bonds. The van der Waals surface area contributed by atoms with Crippen LogP contribution in [0, 0.1) is 11.6 Å². The molecule has 0 fully saturated rings. The molecule has 156 valence electrons. The Bertz CT molecular complexity index is 1020. The maximum absolute atomic E-state index is 13.6. The summed E-state index contributed by atoms with van der Waals surface area (Å²) in [5.74, 6) is -0.430. The lowest BCUT2D eigenvalue weighted by Crippen LogP contribution is -2.38. The quantitative estimate of drug-likeness (QED) is 0.558. The largest absolute Gasteiger partial charge is 0.489 e. The molecular weight excluding hydrogens is 386 g/mol. The molecule has 6 heteroatoms. The van der Waals surface area contributed by atoms with Gasteiger partial charge in [-0.25, -0.2) is 8.78 Å². The van der Waals surface area contributed by atoms with Crippen LogP contribution in [0.4, 0.5) is 8.78 Å². The number of primary amides is 1. The standard InChI is InChI=1S/C24H24F2N2O2/c1-16(24(27)29)28-14-18-8-9-20(10-17-4-2-6-21(25)11-17)23(13-18)30-15-19-5-3-7-22(26)12-19/h2-9,11-13,16,28H,10,14-15H2,1H3,(H2,27,29). The Morgan fingerprint density at radius 2 is 1.63 bits per heavy atom. The smallest absolute Gasteiger partial charge is 0.234 e. The van der Waals surface area contributed by atoms with Gasteiger partial charge in [0, 0.05) is 13.0 Å². The third kappa shape index (κ3) is 6.12. The van der Waals surface area contributed by atoms with Crippen molar-refractivity contribution >= 4 is 5.91 Å². The zero-order chi connectivity index (χ0) is 21.5. The Morgan fingerprint density at radius 1 is 0.967 bits per heavy atom. The number of hydrogen-bond acceptors (Lipinski definition) is 3. The van der Waals surface area contributed by atoms with Crippen molar-refractivity contribution in [3.8, 4) is 5.75 Å². The zero-order valence-corrected chi connectivity index (χ0v) is 16.7. The van der Waals surface area contributed by atoms with Gasteiger partial charge in [0.2, 0.25) is 5.91 Å². The molecule has 3 aromatic carbocycles. The number of nitrogens with one attached hydrogen (secondary N) is 1. The summed E-state index contributed by atoms with van der Waals surface area (Å²) >= 11 is 0. The second-order valence-corrected chi connectivity index (χ2v) is 7.17. The van der Waals surface area contributed by atoms with Gasteiger partial charge in [-0.2, -0.15) is 0 Å². The van der Waals surface area contributed by atoms with E-state index in [1.165, 1.54) is 24.3 Å². The van der Waals surface area contributed by atoms with Gasteiger partial charge in [0.15, 0.2) is 0 Å². The highest BCUT2D eigenvalue weighted by atomic mass is 19.1. The summed E-state index contributed by atoms with van der Waals surface area (Å²) in [6.07, 6.45) is 0.488. The summed E-state index contributed by atoms with van der Waals surface area (Å²) in [4.78, 5) is 11.2. The molecule has 0 heterocycles. The predicted octanol–water partition coefficient (Wildman–Crippen LogP) is 4.10. The van der Waals surface area contributed by atoms with Crippen LogP contribution in [0.25, 0.3) is 0 Å². The number of carbonyl (C=O) groups excluding carboxylic acids is 1. The molecular formula is C24H24F2N2O2. The number of rotatable bonds is 9. The Hall–Kier alpha value is -3.25. The normalized spacial score (nSPS) is 11.8. The minimum absolute atomic E-state index is 0.197. The third-order valence-electron chi connectivity index (χ3n) is 4.74. The van der Waals surface area contributed by atoms with E-state index in [2.05, 4.69) is 5.32 Å². The van der Waals surface area contributed by atoms with Crippen molar-refractivity contribution in [3.63, 3.8) is 0 Å². The fourth-order valence-corrected chi connectivity index (χ4v) is 3.02. The van der Waals surface area contributed by atoms with Gasteiger partial charge in [-0.15, -0.1) is 0 Å². The Labute approximate surface area is 174 Å². The van der Waals surface area contributed by atoms with Gasteiger partial charge in [0.25, 0.3) is 0 Å². The fourth-order valence-electron chi connectivity index (χ4n) is 3.02. The molecule has 0 bridgehead atoms. The van der Waals surface area contributed by atoms with E-state index in [0.717, 1.165) is 16.7 Å². The molecule has 3 aromatic rings. The maximum atomic E-state index is 13.6. The summed E-state index contributed by atoms with van der Waals surface area (Å²) in [6.45, 7) is 2.32. The molecule has 3 N–H and O–H groups in total. The number of amides is 1. The first kappa shape index (κ1) is 21.5. The third-order valence-corrected chi connectivity index (χ3v) is 4.74. The minimum atomic E-state index is -0.464. The Balaban J connectivity index is 1.81. The van der Waals surface area contributed by atoms with Crippen LogP contribution in [-0.4, -0.2) is 11.9 Å². The van der Waals surface area contributed by atoms with E-state index < -0.39 is 11.9 Å². The molecule has 4 nitrogen and oxygen atoms in total. The number of carbonyl (C=O) groups is 1. The summed E-state index contributed by atoms with van der Waals surface area (Å²) < 4.78 is 33.0. The first-order chi connectivity index (χ1) is 14.4. The van der Waals surface area contributed by atoms with Crippen molar-refractivity contribution in [2.24, 2.45) is 5.73 Å². The molecule has 3 rings (SSSR count). The fraction of sp³-hybridized carbons (Fsp3) is 0.208. The highest BCUT2D eigenvalue weighted by molar-refractivity contribution is 5.79. The molecule has 0 aliphatic heterocycles. The molecule has 0 aliphatic carbocycles. The van der Waals surface area contributed by atoms with Crippen LogP contribution in [0.1, 0.15) is 29.2 Å². The first-order valence-electron chi connectivity index (χ1n) is 9.67. The SMILES string of the molecule is CC(NCc1ccc(Cc2cccc(F)c2)c(OCc2cccc(F)c2)c1)C(N)=O. The molecule has 1 unspecified atom stereocenters. The van der Waals surface area contributed by atoms with Crippen LogP contribution < -0.4 is 15.8 Å². The van der Waals surface area contributed by atoms with Gasteiger partial charge in [0.1, 0.15) is 24.0 Å². The molecule has 0 aromatic heterocycles. The van der Waals surface area contributed by atoms with Crippen LogP contribution in [-0.2, 0) is 24.4 Å². The van der Waals surface area contributed by atoms with Crippen LogP contribution >= 0.6 is 0 Å². The van der Waals surface area contributed by atoms with E-state index >= 15 is 0 Å². The molecule has 0 saturated heterocycles. The summed E-state index contributed by atoms with van der Waals surface area (Å²) in [5, 5.41) is 3.05. The van der Waals surface area contributed by atoms with Gasteiger partial charge in [0.05, 0.1) is 6.04 Å². The van der Waals surface area contributed by atoms with Crippen molar-refractivity contribution in [1.82, 2.24) is 5.32 Å². The van der Waals surface area contributed by atoms with Crippen LogP contribution in [0.5, 0.6) is 5.75 Å². The highest BCUT2D eigenvalue weighted by Crippen LogP contribution is 2.25. The number of hydrogen-bond donors (Lipinski definition) is 2. The second-order valence-electron chi connectivity index (χ2n) is 7.17. The topological polar surface area (TPSA) is 64.3 Å². The Morgan fingerprint density at radius 3 is 2.30 bits per heavy atom. The Kier molecular flexibility index (Phi) is 7.14. The van der Waals surface area contributed by atoms with E-state index in [1.807, 2.05) is 24.3 Å². The van der Waals surface area contributed by atoms with Gasteiger partial charge < -0.3 is 15.8 Å². The van der Waals surface area contributed by atoms with E-state index in [0.29, 0.717) is 24.3 Å². The number of ether oxygens (including phenoxy) is 1. The summed E-state index contributed by atoms with van der Waals surface area (Å²) in [6, 6.07) is 17.9. The van der Waals surface area contributed by atoms with Gasteiger partial charge >= 0.3 is 0 Å². The first-order valence-corrected chi connectivity index (χ1v) is 9.67. The lowest BCUT2D eigenvalue weighted by atomic mass is 10.0. The lowest BCUT2D eigenvalue weighted by Gasteiger charge is -2.15. The molecule has 0 aliphatic rings. The van der Waals surface area contributed by atoms with Crippen molar-refractivity contribution in [2.75, 3.05) is 0 Å². The predicted molar refractivity (Wildman–Crippen MR) is 112 cm³/mol. The van der Waals surface area contributed by atoms with Crippen molar-refractivity contribution in [2.45, 2.75) is 32.5 Å². The molecule has 0 radical (unpaired) electrons. The van der Waals surface area contributed by atoms with Gasteiger partial charge in [-0.1, -0.05) is 36.4 Å². The van der Waals surface area contributed by atoms with Gasteiger partial charge in [-0.05, 0) is 59.5 Å². The number of benzene rings is 3. The van der Waals surface area contributed by atoms with E-state index in [4.69, 9.17) is 10.5 Å². The molecule has 0 spiro atoms. The summed E-state index contributed by atoms with van der Waals surface area (Å²) in [5.41, 5.74) is 8.60. The molecule has 30 heavy (non-hydrogen) atoms. The monoisotopic (exact) mass is 410 g/mol. The number of halogens is 2. The zero-order valence-electron chi connectivity index (χ0n) is 16.7. The molecule has 1 atom stereocenters. The van der Waals surface area contributed by atoms with Crippen LogP contribution in [0.2, 0.25) is 0 Å². The number of nitrogens with two attached hydrogens (primary N) is 1. The average Bonchev–Trinajstić information content (AvgIpc) is 2.71. The van der Waals surface area contributed by atoms with Crippen LogP contribution in [0.15, 0.2) is 66.7 Å². The van der Waals surface area contributed by atoms with E-state index in [-0.39, 0.29) is 18.2 Å². The van der Waals surface area contributed by atoms with Gasteiger partial charge in [-0.3, -0.25) is 4.79 Å². The van der Waals surface area contributed by atoms with Crippen molar-refractivity contribution in [1.29, 1.82) is 0 Å². The maximum Gasteiger partial charge on any atom is 0.234 e. The minimum Gasteiger partial charge on any atom is -0.489 e. The molecule has 0 saturated carbocycles. The van der Waals surface area contributed by atoms with E-state index in [9.17, 15) is 13.6 Å².